The minimum atomic E-state index is -0.839. The molecular formula is C19H21F2N3O. The van der Waals surface area contributed by atoms with Crippen LogP contribution in [-0.2, 0) is 0 Å². The lowest BCUT2D eigenvalue weighted by Crippen LogP contribution is -2.48. The molecule has 1 aliphatic heterocycles. The number of rotatable bonds is 5. The van der Waals surface area contributed by atoms with Gasteiger partial charge < -0.3 is 10.2 Å². The maximum atomic E-state index is 13.6. The number of nitrogens with zero attached hydrogens (tertiary/aromatic N) is 2. The molecule has 0 atom stereocenters. The zero-order valence-corrected chi connectivity index (χ0v) is 13.9. The van der Waals surface area contributed by atoms with E-state index in [2.05, 4.69) is 27.2 Å². The molecule has 25 heavy (non-hydrogen) atoms. The average Bonchev–Trinajstić information content (AvgIpc) is 2.63. The second-order valence-corrected chi connectivity index (χ2v) is 6.04. The number of nitrogens with one attached hydrogen (secondary N) is 1. The van der Waals surface area contributed by atoms with Crippen LogP contribution < -0.4 is 10.2 Å². The summed E-state index contributed by atoms with van der Waals surface area (Å²) in [6.07, 6.45) is 0. The lowest BCUT2D eigenvalue weighted by atomic mass is 10.2. The standard InChI is InChI=1S/C19H21F2N3O/c20-15-6-7-17(18(21)14-15)19(25)22-8-9-23-10-12-24(13-11-23)16-4-2-1-3-5-16/h1-7,14H,8-13H2,(H,22,25). The Balaban J connectivity index is 1.42. The van der Waals surface area contributed by atoms with Crippen molar-refractivity contribution in [3.8, 4) is 0 Å². The summed E-state index contributed by atoms with van der Waals surface area (Å²) in [6, 6.07) is 13.3. The largest absolute Gasteiger partial charge is 0.369 e. The molecule has 2 aromatic rings. The Hall–Kier alpha value is -2.47. The predicted octanol–water partition coefficient (Wildman–Crippen LogP) is 2.52. The second-order valence-electron chi connectivity index (χ2n) is 6.04. The number of hydrogen-bond donors (Lipinski definition) is 1. The van der Waals surface area contributed by atoms with Gasteiger partial charge in [0.15, 0.2) is 0 Å². The number of hydrogen-bond acceptors (Lipinski definition) is 3. The summed E-state index contributed by atoms with van der Waals surface area (Å²) in [5, 5.41) is 2.69. The van der Waals surface area contributed by atoms with E-state index in [0.29, 0.717) is 13.1 Å². The lowest BCUT2D eigenvalue weighted by molar-refractivity contribution is 0.0943. The van der Waals surface area contributed by atoms with Gasteiger partial charge in [-0.25, -0.2) is 8.78 Å². The molecule has 0 spiro atoms. The van der Waals surface area contributed by atoms with Gasteiger partial charge in [-0.3, -0.25) is 9.69 Å². The van der Waals surface area contributed by atoms with Crippen molar-refractivity contribution in [2.45, 2.75) is 0 Å². The Kier molecular flexibility index (Phi) is 5.60. The van der Waals surface area contributed by atoms with Gasteiger partial charge in [-0.15, -0.1) is 0 Å². The van der Waals surface area contributed by atoms with E-state index in [0.717, 1.165) is 38.3 Å². The van der Waals surface area contributed by atoms with Crippen molar-refractivity contribution in [1.82, 2.24) is 10.2 Å². The highest BCUT2D eigenvalue weighted by atomic mass is 19.1. The van der Waals surface area contributed by atoms with Gasteiger partial charge in [0.1, 0.15) is 11.6 Å². The molecule has 4 nitrogen and oxygen atoms in total. The number of benzene rings is 2. The summed E-state index contributed by atoms with van der Waals surface area (Å²) < 4.78 is 26.4. The first kappa shape index (κ1) is 17.4. The van der Waals surface area contributed by atoms with Gasteiger partial charge in [0.2, 0.25) is 0 Å². The highest BCUT2D eigenvalue weighted by molar-refractivity contribution is 5.94. The first-order valence-electron chi connectivity index (χ1n) is 8.39. The normalized spacial score (nSPS) is 15.2. The molecule has 0 bridgehead atoms. The Morgan fingerprint density at radius 2 is 1.72 bits per heavy atom. The fourth-order valence-corrected chi connectivity index (χ4v) is 2.96. The highest BCUT2D eigenvalue weighted by Gasteiger charge is 2.17. The minimum absolute atomic E-state index is 0.129. The second kappa shape index (κ2) is 8.07. The SMILES string of the molecule is O=C(NCCN1CCN(c2ccccc2)CC1)c1ccc(F)cc1F. The van der Waals surface area contributed by atoms with E-state index in [1.165, 1.54) is 11.8 Å². The van der Waals surface area contributed by atoms with Crippen molar-refractivity contribution >= 4 is 11.6 Å². The fourth-order valence-electron chi connectivity index (χ4n) is 2.96. The molecule has 1 saturated heterocycles. The maximum Gasteiger partial charge on any atom is 0.254 e. The van der Waals surface area contributed by atoms with E-state index in [4.69, 9.17) is 0 Å². The van der Waals surface area contributed by atoms with Crippen LogP contribution in [0.15, 0.2) is 48.5 Å². The van der Waals surface area contributed by atoms with Gasteiger partial charge in [0.25, 0.3) is 5.91 Å². The third-order valence-electron chi connectivity index (χ3n) is 4.38. The monoisotopic (exact) mass is 345 g/mol. The lowest BCUT2D eigenvalue weighted by Gasteiger charge is -2.36. The summed E-state index contributed by atoms with van der Waals surface area (Å²) in [5.74, 6) is -2.04. The number of carbonyl (C=O) groups excluding carboxylic acids is 1. The van der Waals surface area contributed by atoms with Crippen LogP contribution in [-0.4, -0.2) is 50.1 Å². The molecule has 1 aliphatic rings. The molecule has 1 amide bonds. The Morgan fingerprint density at radius 3 is 2.40 bits per heavy atom. The summed E-state index contributed by atoms with van der Waals surface area (Å²) in [5.41, 5.74) is 1.09. The predicted molar refractivity (Wildman–Crippen MR) is 93.8 cm³/mol. The van der Waals surface area contributed by atoms with Crippen LogP contribution in [0.5, 0.6) is 0 Å². The van der Waals surface area contributed by atoms with Crippen LogP contribution in [0.2, 0.25) is 0 Å². The molecule has 0 aliphatic carbocycles. The van der Waals surface area contributed by atoms with E-state index in [1.807, 2.05) is 18.2 Å². The average molecular weight is 345 g/mol. The van der Waals surface area contributed by atoms with Crippen molar-refractivity contribution in [3.05, 3.63) is 65.7 Å². The van der Waals surface area contributed by atoms with E-state index in [-0.39, 0.29) is 5.56 Å². The molecule has 2 aromatic carbocycles. The van der Waals surface area contributed by atoms with Crippen LogP contribution in [0.25, 0.3) is 0 Å². The summed E-state index contributed by atoms with van der Waals surface area (Å²) in [4.78, 5) is 16.6. The van der Waals surface area contributed by atoms with Crippen LogP contribution in [0, 0.1) is 11.6 Å². The first-order valence-corrected chi connectivity index (χ1v) is 8.39. The molecule has 0 unspecified atom stereocenters. The van der Waals surface area contributed by atoms with Gasteiger partial charge in [-0.1, -0.05) is 18.2 Å². The molecule has 6 heteroatoms. The topological polar surface area (TPSA) is 35.6 Å². The van der Waals surface area contributed by atoms with Crippen LogP contribution >= 0.6 is 0 Å². The van der Waals surface area contributed by atoms with E-state index < -0.39 is 17.5 Å². The van der Waals surface area contributed by atoms with Gasteiger partial charge >= 0.3 is 0 Å². The molecular weight excluding hydrogens is 324 g/mol. The molecule has 0 aromatic heterocycles. The number of amides is 1. The molecule has 1 fully saturated rings. The van der Waals surface area contributed by atoms with Crippen molar-refractivity contribution in [3.63, 3.8) is 0 Å². The highest BCUT2D eigenvalue weighted by Crippen LogP contribution is 2.15. The number of carbonyl (C=O) groups is 1. The van der Waals surface area contributed by atoms with Crippen molar-refractivity contribution in [2.24, 2.45) is 0 Å². The Bertz CT molecular complexity index is 716. The number of halogens is 2. The smallest absolute Gasteiger partial charge is 0.254 e. The van der Waals surface area contributed by atoms with E-state index in [1.54, 1.807) is 0 Å². The quantitative estimate of drug-likeness (QED) is 0.905. The van der Waals surface area contributed by atoms with Gasteiger partial charge in [-0.2, -0.15) is 0 Å². The van der Waals surface area contributed by atoms with Crippen LogP contribution in [0.1, 0.15) is 10.4 Å². The third kappa shape index (κ3) is 4.54. The molecule has 132 valence electrons. The van der Waals surface area contributed by atoms with Gasteiger partial charge in [-0.05, 0) is 24.3 Å². The third-order valence-corrected chi connectivity index (χ3v) is 4.38. The van der Waals surface area contributed by atoms with Crippen molar-refractivity contribution in [1.29, 1.82) is 0 Å². The van der Waals surface area contributed by atoms with Crippen LogP contribution in [0.3, 0.4) is 0 Å². The van der Waals surface area contributed by atoms with Crippen molar-refractivity contribution < 1.29 is 13.6 Å². The van der Waals surface area contributed by atoms with Crippen LogP contribution in [0.4, 0.5) is 14.5 Å². The van der Waals surface area contributed by atoms with E-state index in [9.17, 15) is 13.6 Å². The zero-order valence-electron chi connectivity index (χ0n) is 13.9. The number of piperazine rings is 1. The first-order chi connectivity index (χ1) is 12.1. The van der Waals surface area contributed by atoms with Gasteiger partial charge in [0, 0.05) is 51.0 Å². The van der Waals surface area contributed by atoms with Crippen molar-refractivity contribution in [2.75, 3.05) is 44.2 Å². The summed E-state index contributed by atoms with van der Waals surface area (Å²) >= 11 is 0. The maximum absolute atomic E-state index is 13.6. The van der Waals surface area contributed by atoms with E-state index >= 15 is 0 Å². The van der Waals surface area contributed by atoms with Gasteiger partial charge in [0.05, 0.1) is 5.56 Å². The summed E-state index contributed by atoms with van der Waals surface area (Å²) in [7, 11) is 0. The zero-order chi connectivity index (χ0) is 17.6. The molecule has 1 heterocycles. The molecule has 3 rings (SSSR count). The molecule has 1 N–H and O–H groups in total. The Morgan fingerprint density at radius 1 is 1.00 bits per heavy atom. The summed E-state index contributed by atoms with van der Waals surface area (Å²) in [6.45, 7) is 4.83. The number of anilines is 1. The fraction of sp³-hybridized carbons (Fsp3) is 0.316. The Labute approximate surface area is 146 Å². The molecule has 0 saturated carbocycles. The molecule has 0 radical (unpaired) electrons. The number of para-hydroxylation sites is 1. The minimum Gasteiger partial charge on any atom is -0.369 e.